The Morgan fingerprint density at radius 1 is 1.10 bits per heavy atom. The van der Waals surface area contributed by atoms with Crippen molar-refractivity contribution in [3.63, 3.8) is 0 Å². The Morgan fingerprint density at radius 2 is 1.67 bits per heavy atom. The molecule has 0 aliphatic heterocycles. The Hall–Kier alpha value is -0.390. The Balaban J connectivity index is 1.97. The second kappa shape index (κ2) is 7.75. The minimum Gasteiger partial charge on any atom is -0.323 e. The lowest BCUT2D eigenvalue weighted by Gasteiger charge is -2.09. The first-order valence-corrected chi connectivity index (χ1v) is 8.69. The number of carbonyl (C=O) groups excluding carboxylic acids is 1. The first-order chi connectivity index (χ1) is 9.95. The van der Waals surface area contributed by atoms with E-state index < -0.39 is 0 Å². The topological polar surface area (TPSA) is 29.1 Å². The van der Waals surface area contributed by atoms with Gasteiger partial charge in [0.25, 0.3) is 0 Å². The molecule has 2 rings (SSSR count). The molecule has 2 aromatic carbocycles. The Bertz CT molecular complexity index is 641. The lowest BCUT2D eigenvalue weighted by molar-refractivity contribution is -0.113. The number of rotatable bonds is 4. The summed E-state index contributed by atoms with van der Waals surface area (Å²) in [4.78, 5) is 13.0. The predicted octanol–water partition coefficient (Wildman–Crippen LogP) is 6.14. The minimum atomic E-state index is -0.186. The quantitative estimate of drug-likeness (QED) is 0.596. The predicted molar refractivity (Wildman–Crippen MR) is 95.0 cm³/mol. The van der Waals surface area contributed by atoms with Crippen molar-refractivity contribution in [1.29, 1.82) is 0 Å². The molecule has 2 aromatic rings. The van der Waals surface area contributed by atoms with Crippen LogP contribution < -0.4 is 5.32 Å². The second-order valence-corrected chi connectivity index (χ2v) is 7.25. The molecule has 0 radical (unpaired) electrons. The van der Waals surface area contributed by atoms with Crippen molar-refractivity contribution >= 4 is 74.1 Å². The normalized spacial score (nSPS) is 10.5. The minimum absolute atomic E-state index is 0.186. The average molecular weight is 426 g/mol. The van der Waals surface area contributed by atoms with Gasteiger partial charge < -0.3 is 5.32 Å². The van der Waals surface area contributed by atoms with Crippen LogP contribution in [0.4, 0.5) is 5.69 Å². The summed E-state index contributed by atoms with van der Waals surface area (Å²) in [6.45, 7) is 0. The maximum absolute atomic E-state index is 12.0. The number of carbonyl (C=O) groups is 1. The molecule has 7 heteroatoms. The average Bonchev–Trinajstić information content (AvgIpc) is 2.42. The molecule has 0 saturated heterocycles. The zero-order valence-corrected chi connectivity index (χ0v) is 15.2. The molecule has 1 N–H and O–H groups in total. The van der Waals surface area contributed by atoms with Crippen LogP contribution in [0, 0.1) is 0 Å². The fraction of sp³-hybridized carbons (Fsp3) is 0.0714. The standard InChI is InChI=1S/C14H9BrCl3NOS/c15-8-1-3-10(4-2-8)21-7-13(20)19-14-11(17)5-9(16)6-12(14)18/h1-6H,7H2,(H,19,20). The van der Waals surface area contributed by atoms with Crippen molar-refractivity contribution < 1.29 is 4.79 Å². The molecule has 1 amide bonds. The summed E-state index contributed by atoms with van der Waals surface area (Å²) >= 11 is 22.6. The third-order valence-electron chi connectivity index (χ3n) is 2.45. The van der Waals surface area contributed by atoms with Crippen molar-refractivity contribution in [3.8, 4) is 0 Å². The number of amides is 1. The highest BCUT2D eigenvalue weighted by molar-refractivity contribution is 9.10. The van der Waals surface area contributed by atoms with E-state index in [1.54, 1.807) is 0 Å². The third kappa shape index (κ3) is 5.08. The smallest absolute Gasteiger partial charge is 0.234 e. The summed E-state index contributed by atoms with van der Waals surface area (Å²) < 4.78 is 0.996. The van der Waals surface area contributed by atoms with E-state index in [-0.39, 0.29) is 11.7 Å². The summed E-state index contributed by atoms with van der Waals surface area (Å²) in [5.74, 6) is 0.0748. The van der Waals surface area contributed by atoms with Gasteiger partial charge in [-0.15, -0.1) is 11.8 Å². The van der Waals surface area contributed by atoms with Gasteiger partial charge in [-0.1, -0.05) is 50.7 Å². The van der Waals surface area contributed by atoms with Gasteiger partial charge in [0.1, 0.15) is 0 Å². The van der Waals surface area contributed by atoms with Gasteiger partial charge in [0, 0.05) is 14.4 Å². The molecule has 21 heavy (non-hydrogen) atoms. The third-order valence-corrected chi connectivity index (χ3v) is 4.81. The molecule has 2 nitrogen and oxygen atoms in total. The van der Waals surface area contributed by atoms with E-state index in [1.807, 2.05) is 24.3 Å². The van der Waals surface area contributed by atoms with Crippen LogP contribution in [0.25, 0.3) is 0 Å². The zero-order chi connectivity index (χ0) is 15.4. The maximum atomic E-state index is 12.0. The van der Waals surface area contributed by atoms with Crippen LogP contribution in [0.2, 0.25) is 15.1 Å². The van der Waals surface area contributed by atoms with Crippen LogP contribution >= 0.6 is 62.5 Å². The van der Waals surface area contributed by atoms with E-state index in [9.17, 15) is 4.79 Å². The van der Waals surface area contributed by atoms with E-state index >= 15 is 0 Å². The van der Waals surface area contributed by atoms with E-state index in [2.05, 4.69) is 21.2 Å². The van der Waals surface area contributed by atoms with Crippen LogP contribution in [0.3, 0.4) is 0 Å². The number of hydrogen-bond donors (Lipinski definition) is 1. The summed E-state index contributed by atoms with van der Waals surface area (Å²) in [5.41, 5.74) is 0.379. The molecule has 0 aliphatic rings. The molecule has 0 unspecified atom stereocenters. The number of thioether (sulfide) groups is 1. The van der Waals surface area contributed by atoms with Gasteiger partial charge in [-0.3, -0.25) is 4.79 Å². The van der Waals surface area contributed by atoms with Gasteiger partial charge in [0.2, 0.25) is 5.91 Å². The summed E-state index contributed by atoms with van der Waals surface area (Å²) in [5, 5.41) is 3.75. The highest BCUT2D eigenvalue weighted by Gasteiger charge is 2.11. The number of benzene rings is 2. The summed E-state index contributed by atoms with van der Waals surface area (Å²) in [6, 6.07) is 10.8. The van der Waals surface area contributed by atoms with Gasteiger partial charge in [0.05, 0.1) is 21.5 Å². The van der Waals surface area contributed by atoms with Gasteiger partial charge in [-0.25, -0.2) is 0 Å². The molecule has 0 aliphatic carbocycles. The van der Waals surface area contributed by atoms with Gasteiger partial charge >= 0.3 is 0 Å². The number of nitrogens with one attached hydrogen (secondary N) is 1. The SMILES string of the molecule is O=C(CSc1ccc(Br)cc1)Nc1c(Cl)cc(Cl)cc1Cl. The maximum Gasteiger partial charge on any atom is 0.234 e. The molecule has 0 aromatic heterocycles. The molecular weight excluding hydrogens is 416 g/mol. The molecule has 0 heterocycles. The highest BCUT2D eigenvalue weighted by Crippen LogP contribution is 2.33. The number of halogens is 4. The summed E-state index contributed by atoms with van der Waals surface area (Å²) in [7, 11) is 0. The lowest BCUT2D eigenvalue weighted by Crippen LogP contribution is -2.14. The Labute approximate surface area is 150 Å². The van der Waals surface area contributed by atoms with Crippen LogP contribution in [-0.2, 0) is 4.79 Å². The Morgan fingerprint density at radius 3 is 2.24 bits per heavy atom. The molecule has 0 fully saturated rings. The monoisotopic (exact) mass is 423 g/mol. The van der Waals surface area contributed by atoms with Crippen LogP contribution in [-0.4, -0.2) is 11.7 Å². The van der Waals surface area contributed by atoms with Gasteiger partial charge in [-0.05, 0) is 36.4 Å². The van der Waals surface area contributed by atoms with E-state index in [1.165, 1.54) is 23.9 Å². The molecule has 0 atom stereocenters. The van der Waals surface area contributed by atoms with Crippen molar-refractivity contribution in [2.24, 2.45) is 0 Å². The fourth-order valence-corrected chi connectivity index (χ4v) is 3.39. The largest absolute Gasteiger partial charge is 0.323 e. The second-order valence-electron chi connectivity index (χ2n) is 4.04. The fourth-order valence-electron chi connectivity index (χ4n) is 1.52. The zero-order valence-electron chi connectivity index (χ0n) is 10.5. The lowest BCUT2D eigenvalue weighted by atomic mass is 10.3. The first kappa shape index (κ1) is 17.0. The highest BCUT2D eigenvalue weighted by atomic mass is 79.9. The van der Waals surface area contributed by atoms with E-state index in [0.717, 1.165) is 9.37 Å². The van der Waals surface area contributed by atoms with Crippen LogP contribution in [0.15, 0.2) is 45.8 Å². The first-order valence-electron chi connectivity index (χ1n) is 5.78. The number of anilines is 1. The van der Waals surface area contributed by atoms with Crippen molar-refractivity contribution in [2.45, 2.75) is 4.90 Å². The summed E-state index contributed by atoms with van der Waals surface area (Å²) in [6.07, 6.45) is 0. The molecule has 0 saturated carbocycles. The van der Waals surface area contributed by atoms with Crippen molar-refractivity contribution in [3.05, 3.63) is 55.9 Å². The van der Waals surface area contributed by atoms with Crippen molar-refractivity contribution in [2.75, 3.05) is 11.1 Å². The van der Waals surface area contributed by atoms with E-state index in [0.29, 0.717) is 20.8 Å². The number of hydrogen-bond acceptors (Lipinski definition) is 2. The van der Waals surface area contributed by atoms with E-state index in [4.69, 9.17) is 34.8 Å². The van der Waals surface area contributed by atoms with Crippen LogP contribution in [0.5, 0.6) is 0 Å². The molecule has 110 valence electrons. The van der Waals surface area contributed by atoms with Gasteiger partial charge in [-0.2, -0.15) is 0 Å². The molecular formula is C14H9BrCl3NOS. The van der Waals surface area contributed by atoms with Crippen molar-refractivity contribution in [1.82, 2.24) is 0 Å². The molecule has 0 bridgehead atoms. The molecule has 0 spiro atoms. The van der Waals surface area contributed by atoms with Crippen LogP contribution in [0.1, 0.15) is 0 Å². The Kier molecular flexibility index (Phi) is 6.26. The van der Waals surface area contributed by atoms with Gasteiger partial charge in [0.15, 0.2) is 0 Å².